The molecule has 0 saturated heterocycles. The van der Waals surface area contributed by atoms with Crippen molar-refractivity contribution in [2.45, 2.75) is 19.6 Å². The number of halogens is 2. The summed E-state index contributed by atoms with van der Waals surface area (Å²) in [5, 5.41) is 4.11. The molecule has 1 atom stereocenters. The molecule has 0 unspecified atom stereocenters. The van der Waals surface area contributed by atoms with Crippen LogP contribution in [0.5, 0.6) is 11.5 Å². The lowest BCUT2D eigenvalue weighted by Crippen LogP contribution is -2.43. The first-order chi connectivity index (χ1) is 11.3. The van der Waals surface area contributed by atoms with Crippen LogP contribution in [0.4, 0.5) is 13.6 Å². The lowest BCUT2D eigenvalue weighted by atomic mass is 10.2. The topological polar surface area (TPSA) is 103 Å². The van der Waals surface area contributed by atoms with E-state index in [9.17, 15) is 23.2 Å². The van der Waals surface area contributed by atoms with Crippen LogP contribution in [0.25, 0.3) is 0 Å². The van der Waals surface area contributed by atoms with E-state index in [-0.39, 0.29) is 17.1 Å². The minimum absolute atomic E-state index is 0.0481. The van der Waals surface area contributed by atoms with E-state index in [1.165, 1.54) is 27.1 Å². The van der Waals surface area contributed by atoms with Gasteiger partial charge in [0, 0.05) is 7.05 Å². The van der Waals surface area contributed by atoms with Gasteiger partial charge in [0.05, 0.1) is 12.7 Å². The third kappa shape index (κ3) is 5.38. The number of nitrogens with one attached hydrogen (secondary N) is 2. The number of methoxy groups -OCH3 is 1. The van der Waals surface area contributed by atoms with Crippen molar-refractivity contribution < 1.29 is 37.4 Å². The van der Waals surface area contributed by atoms with E-state index in [4.69, 9.17) is 9.47 Å². The van der Waals surface area contributed by atoms with Crippen LogP contribution in [0.15, 0.2) is 18.2 Å². The first-order valence-corrected chi connectivity index (χ1v) is 6.64. The largest absolute Gasteiger partial charge is 0.493 e. The summed E-state index contributed by atoms with van der Waals surface area (Å²) >= 11 is 0. The molecule has 24 heavy (non-hydrogen) atoms. The van der Waals surface area contributed by atoms with E-state index in [1.807, 2.05) is 5.32 Å². The molecular formula is C14H16F2N2O6. The molecule has 0 fully saturated rings. The Morgan fingerprint density at radius 2 is 1.83 bits per heavy atom. The molecule has 0 aliphatic heterocycles. The number of alkyl halides is 2. The first kappa shape index (κ1) is 19.1. The number of rotatable bonds is 6. The molecule has 8 nitrogen and oxygen atoms in total. The third-order valence-electron chi connectivity index (χ3n) is 2.73. The number of urea groups is 1. The van der Waals surface area contributed by atoms with Gasteiger partial charge in [-0.05, 0) is 25.1 Å². The zero-order valence-electron chi connectivity index (χ0n) is 13.1. The predicted octanol–water partition coefficient (Wildman–Crippen LogP) is 1.30. The highest BCUT2D eigenvalue weighted by atomic mass is 19.3. The summed E-state index contributed by atoms with van der Waals surface area (Å²) in [5.41, 5.74) is -0.0481. The number of esters is 1. The van der Waals surface area contributed by atoms with E-state index < -0.39 is 30.6 Å². The maximum absolute atomic E-state index is 12.2. The zero-order chi connectivity index (χ0) is 18.3. The van der Waals surface area contributed by atoms with Gasteiger partial charge in [0.25, 0.3) is 5.91 Å². The molecule has 0 aliphatic carbocycles. The summed E-state index contributed by atoms with van der Waals surface area (Å²) < 4.78 is 38.5. The summed E-state index contributed by atoms with van der Waals surface area (Å²) in [6.45, 7) is -1.79. The fourth-order valence-electron chi connectivity index (χ4n) is 1.55. The first-order valence-electron chi connectivity index (χ1n) is 6.64. The normalized spacial score (nSPS) is 11.4. The van der Waals surface area contributed by atoms with Crippen molar-refractivity contribution in [3.63, 3.8) is 0 Å². The van der Waals surface area contributed by atoms with E-state index in [0.29, 0.717) is 0 Å². The van der Waals surface area contributed by atoms with Crippen molar-refractivity contribution in [1.82, 2.24) is 10.6 Å². The van der Waals surface area contributed by atoms with E-state index in [2.05, 4.69) is 10.1 Å². The zero-order valence-corrected chi connectivity index (χ0v) is 13.1. The van der Waals surface area contributed by atoms with Crippen molar-refractivity contribution >= 4 is 17.9 Å². The molecule has 0 radical (unpaired) electrons. The monoisotopic (exact) mass is 346 g/mol. The van der Waals surface area contributed by atoms with Gasteiger partial charge >= 0.3 is 18.6 Å². The highest BCUT2D eigenvalue weighted by molar-refractivity contribution is 5.98. The molecule has 3 amide bonds. The number of ether oxygens (including phenoxy) is 3. The second-order valence-electron chi connectivity index (χ2n) is 4.36. The highest BCUT2D eigenvalue weighted by Crippen LogP contribution is 2.29. The number of hydrogen-bond acceptors (Lipinski definition) is 6. The van der Waals surface area contributed by atoms with Gasteiger partial charge in [0.2, 0.25) is 0 Å². The quantitative estimate of drug-likeness (QED) is 0.753. The second kappa shape index (κ2) is 8.65. The Labute approximate surface area is 136 Å². The van der Waals surface area contributed by atoms with Crippen LogP contribution in [0.3, 0.4) is 0 Å². The Kier molecular flexibility index (Phi) is 6.90. The maximum atomic E-state index is 12.2. The van der Waals surface area contributed by atoms with Crippen LogP contribution in [-0.2, 0) is 9.53 Å². The van der Waals surface area contributed by atoms with Crippen LogP contribution in [0.2, 0.25) is 0 Å². The average Bonchev–Trinajstić information content (AvgIpc) is 2.54. The number of carbonyl (C=O) groups excluding carboxylic acids is 3. The molecule has 0 spiro atoms. The lowest BCUT2D eigenvalue weighted by Gasteiger charge is -2.14. The standard InChI is InChI=1S/C14H16F2N2O6/c1-7(11(19)18-14(21)17-2)23-12(20)8-4-5-9(24-13(15)16)10(6-8)22-3/h4-7,13H,1-3H3,(H2,17,18,19,21)/t7-/m1/s1. The SMILES string of the molecule is CNC(=O)NC(=O)[C@@H](C)OC(=O)c1ccc(OC(F)F)c(OC)c1. The Bertz CT molecular complexity index is 623. The van der Waals surface area contributed by atoms with Gasteiger partial charge in [-0.2, -0.15) is 8.78 Å². The van der Waals surface area contributed by atoms with Gasteiger partial charge in [-0.3, -0.25) is 10.1 Å². The van der Waals surface area contributed by atoms with Gasteiger partial charge in [0.1, 0.15) is 0 Å². The summed E-state index contributed by atoms with van der Waals surface area (Å²) in [6.07, 6.45) is -1.25. The smallest absolute Gasteiger partial charge is 0.387 e. The van der Waals surface area contributed by atoms with Crippen LogP contribution >= 0.6 is 0 Å². The fourth-order valence-corrected chi connectivity index (χ4v) is 1.55. The number of amides is 3. The van der Waals surface area contributed by atoms with Crippen LogP contribution in [-0.4, -0.2) is 44.8 Å². The van der Waals surface area contributed by atoms with E-state index >= 15 is 0 Å². The molecule has 2 N–H and O–H groups in total. The number of benzene rings is 1. The second-order valence-corrected chi connectivity index (χ2v) is 4.36. The Morgan fingerprint density at radius 3 is 2.38 bits per heavy atom. The lowest BCUT2D eigenvalue weighted by molar-refractivity contribution is -0.127. The molecule has 10 heteroatoms. The minimum atomic E-state index is -3.05. The van der Waals surface area contributed by atoms with Gasteiger partial charge in [-0.15, -0.1) is 0 Å². The summed E-state index contributed by atoms with van der Waals surface area (Å²) in [4.78, 5) is 34.6. The molecule has 0 saturated carbocycles. The summed E-state index contributed by atoms with van der Waals surface area (Å²) in [5.74, 6) is -2.09. The number of imide groups is 1. The summed E-state index contributed by atoms with van der Waals surface area (Å²) in [7, 11) is 2.52. The molecule has 0 aromatic heterocycles. The van der Waals surface area contributed by atoms with Crippen LogP contribution in [0.1, 0.15) is 17.3 Å². The van der Waals surface area contributed by atoms with Gasteiger partial charge in [0.15, 0.2) is 17.6 Å². The maximum Gasteiger partial charge on any atom is 0.387 e. The fraction of sp³-hybridized carbons (Fsp3) is 0.357. The molecule has 1 rings (SSSR count). The van der Waals surface area contributed by atoms with Crippen molar-refractivity contribution in [3.8, 4) is 11.5 Å². The molecular weight excluding hydrogens is 330 g/mol. The Morgan fingerprint density at radius 1 is 1.17 bits per heavy atom. The highest BCUT2D eigenvalue weighted by Gasteiger charge is 2.21. The molecule has 1 aromatic rings. The molecule has 0 heterocycles. The van der Waals surface area contributed by atoms with Crippen LogP contribution in [0, 0.1) is 0 Å². The van der Waals surface area contributed by atoms with Crippen molar-refractivity contribution in [3.05, 3.63) is 23.8 Å². The summed E-state index contributed by atoms with van der Waals surface area (Å²) in [6, 6.07) is 2.66. The molecule has 132 valence electrons. The third-order valence-corrected chi connectivity index (χ3v) is 2.73. The molecule has 1 aromatic carbocycles. The predicted molar refractivity (Wildman–Crippen MR) is 77.1 cm³/mol. The van der Waals surface area contributed by atoms with Crippen molar-refractivity contribution in [1.29, 1.82) is 0 Å². The Balaban J connectivity index is 2.80. The van der Waals surface area contributed by atoms with Crippen molar-refractivity contribution in [2.75, 3.05) is 14.2 Å². The van der Waals surface area contributed by atoms with E-state index in [0.717, 1.165) is 12.1 Å². The molecule has 0 aliphatic rings. The van der Waals surface area contributed by atoms with Gasteiger partial charge in [-0.1, -0.05) is 0 Å². The number of carbonyl (C=O) groups is 3. The van der Waals surface area contributed by atoms with Gasteiger partial charge in [-0.25, -0.2) is 9.59 Å². The molecule has 0 bridgehead atoms. The van der Waals surface area contributed by atoms with Gasteiger partial charge < -0.3 is 19.5 Å². The average molecular weight is 346 g/mol. The van der Waals surface area contributed by atoms with Crippen molar-refractivity contribution in [2.24, 2.45) is 0 Å². The minimum Gasteiger partial charge on any atom is -0.493 e. The van der Waals surface area contributed by atoms with E-state index in [1.54, 1.807) is 0 Å². The van der Waals surface area contributed by atoms with Crippen LogP contribution < -0.4 is 20.1 Å². The Hall–Kier alpha value is -2.91. The number of hydrogen-bond donors (Lipinski definition) is 2.